The molecule has 1 aromatic rings. The number of amides is 2. The van der Waals surface area contributed by atoms with Gasteiger partial charge in [-0.2, -0.15) is 0 Å². The Kier molecular flexibility index (Phi) is 5.33. The van der Waals surface area contributed by atoms with Gasteiger partial charge in [-0.15, -0.1) is 0 Å². The number of carbonyl (C=O) groups excluding carboxylic acids is 2. The second-order valence-corrected chi connectivity index (χ2v) is 5.72. The summed E-state index contributed by atoms with van der Waals surface area (Å²) in [4.78, 5) is 25.0. The molecule has 0 aromatic heterocycles. The maximum atomic E-state index is 12.1. The Morgan fingerprint density at radius 2 is 1.86 bits per heavy atom. The van der Waals surface area contributed by atoms with Gasteiger partial charge in [-0.3, -0.25) is 14.5 Å². The van der Waals surface area contributed by atoms with Crippen LogP contribution < -0.4 is 11.1 Å². The summed E-state index contributed by atoms with van der Waals surface area (Å²) >= 11 is 0. The van der Waals surface area contributed by atoms with Gasteiger partial charge in [0.25, 0.3) is 0 Å². The number of carbonyl (C=O) groups is 2. The van der Waals surface area contributed by atoms with Crippen molar-refractivity contribution in [2.24, 2.45) is 11.7 Å². The van der Waals surface area contributed by atoms with Crippen molar-refractivity contribution in [3.8, 4) is 0 Å². The molecule has 0 bridgehead atoms. The van der Waals surface area contributed by atoms with Gasteiger partial charge in [-0.1, -0.05) is 29.8 Å². The molecular weight excluding hydrogens is 266 g/mol. The van der Waals surface area contributed by atoms with Gasteiger partial charge in [0.1, 0.15) is 0 Å². The molecule has 0 atom stereocenters. The number of rotatable bonds is 5. The molecule has 1 aliphatic heterocycles. The second kappa shape index (κ2) is 7.22. The summed E-state index contributed by atoms with van der Waals surface area (Å²) in [5.74, 6) is -0.161. The van der Waals surface area contributed by atoms with E-state index in [1.54, 1.807) is 0 Å². The van der Waals surface area contributed by atoms with E-state index in [-0.39, 0.29) is 24.3 Å². The summed E-state index contributed by atoms with van der Waals surface area (Å²) < 4.78 is 0. The van der Waals surface area contributed by atoms with Crippen molar-refractivity contribution >= 4 is 11.8 Å². The average molecular weight is 289 g/mol. The van der Waals surface area contributed by atoms with Gasteiger partial charge in [0.15, 0.2) is 0 Å². The van der Waals surface area contributed by atoms with Gasteiger partial charge in [0, 0.05) is 12.5 Å². The van der Waals surface area contributed by atoms with E-state index in [0.29, 0.717) is 6.54 Å². The molecule has 0 spiro atoms. The first-order valence-corrected chi connectivity index (χ1v) is 7.38. The van der Waals surface area contributed by atoms with Crippen LogP contribution in [-0.2, 0) is 16.1 Å². The number of likely N-dealkylation sites (tertiary alicyclic amines) is 1. The average Bonchev–Trinajstić information content (AvgIpc) is 2.46. The molecule has 1 saturated heterocycles. The summed E-state index contributed by atoms with van der Waals surface area (Å²) in [7, 11) is 0. The van der Waals surface area contributed by atoms with Gasteiger partial charge in [-0.05, 0) is 38.4 Å². The molecular formula is C16H23N3O2. The van der Waals surface area contributed by atoms with Crippen molar-refractivity contribution < 1.29 is 9.59 Å². The number of benzene rings is 1. The predicted octanol–water partition coefficient (Wildman–Crippen LogP) is 0.809. The van der Waals surface area contributed by atoms with Crippen LogP contribution in [0.1, 0.15) is 24.0 Å². The lowest BCUT2D eigenvalue weighted by Crippen LogP contribution is -2.43. The zero-order valence-electron chi connectivity index (χ0n) is 12.5. The molecule has 114 valence electrons. The third-order valence-electron chi connectivity index (χ3n) is 3.93. The zero-order valence-corrected chi connectivity index (χ0v) is 12.5. The summed E-state index contributed by atoms with van der Waals surface area (Å²) in [6, 6.07) is 8.16. The van der Waals surface area contributed by atoms with E-state index < -0.39 is 0 Å². The third-order valence-corrected chi connectivity index (χ3v) is 3.93. The Morgan fingerprint density at radius 3 is 2.43 bits per heavy atom. The lowest BCUT2D eigenvalue weighted by atomic mass is 9.96. The van der Waals surface area contributed by atoms with E-state index in [1.165, 1.54) is 5.56 Å². The topological polar surface area (TPSA) is 75.4 Å². The van der Waals surface area contributed by atoms with Crippen molar-refractivity contribution in [1.29, 1.82) is 0 Å². The maximum Gasteiger partial charge on any atom is 0.231 e. The minimum Gasteiger partial charge on any atom is -0.369 e. The minimum absolute atomic E-state index is 0.0413. The predicted molar refractivity (Wildman–Crippen MR) is 81.4 cm³/mol. The Morgan fingerprint density at radius 1 is 1.24 bits per heavy atom. The van der Waals surface area contributed by atoms with Crippen LogP contribution in [0.3, 0.4) is 0 Å². The molecule has 0 radical (unpaired) electrons. The summed E-state index contributed by atoms with van der Waals surface area (Å²) in [6.07, 6.45) is 1.57. The number of hydrogen-bond acceptors (Lipinski definition) is 3. The van der Waals surface area contributed by atoms with E-state index in [2.05, 4.69) is 5.32 Å². The minimum atomic E-state index is -0.308. The molecule has 1 aliphatic rings. The Bertz CT molecular complexity index is 491. The Balaban J connectivity index is 1.74. The molecule has 0 aliphatic carbocycles. The highest BCUT2D eigenvalue weighted by molar-refractivity contribution is 5.79. The zero-order chi connectivity index (χ0) is 15.2. The number of nitrogens with two attached hydrogens (primary N) is 1. The van der Waals surface area contributed by atoms with Gasteiger partial charge in [0.05, 0.1) is 6.54 Å². The Hall–Kier alpha value is -1.88. The van der Waals surface area contributed by atoms with E-state index in [9.17, 15) is 9.59 Å². The van der Waals surface area contributed by atoms with Gasteiger partial charge < -0.3 is 11.1 Å². The molecule has 1 aromatic carbocycles. The second-order valence-electron chi connectivity index (χ2n) is 5.72. The van der Waals surface area contributed by atoms with Gasteiger partial charge in [0.2, 0.25) is 11.8 Å². The fraction of sp³-hybridized carbons (Fsp3) is 0.500. The quantitative estimate of drug-likeness (QED) is 0.842. The molecule has 5 nitrogen and oxygen atoms in total. The lowest BCUT2D eigenvalue weighted by Gasteiger charge is -2.30. The molecule has 0 unspecified atom stereocenters. The van der Waals surface area contributed by atoms with Crippen molar-refractivity contribution in [1.82, 2.24) is 10.2 Å². The third kappa shape index (κ3) is 4.86. The number of hydrogen-bond donors (Lipinski definition) is 2. The maximum absolute atomic E-state index is 12.1. The number of nitrogens with zero attached hydrogens (tertiary/aromatic N) is 1. The smallest absolute Gasteiger partial charge is 0.231 e. The van der Waals surface area contributed by atoms with Crippen LogP contribution in [0.25, 0.3) is 0 Å². The largest absolute Gasteiger partial charge is 0.369 e. The molecule has 0 saturated carbocycles. The van der Waals surface area contributed by atoms with Crippen molar-refractivity contribution in [3.05, 3.63) is 35.4 Å². The van der Waals surface area contributed by atoms with Crippen LogP contribution in [0.2, 0.25) is 0 Å². The van der Waals surface area contributed by atoms with Crippen LogP contribution in [0.5, 0.6) is 0 Å². The highest BCUT2D eigenvalue weighted by Gasteiger charge is 2.25. The number of aryl methyl sites for hydroxylation is 1. The molecule has 5 heteroatoms. The molecule has 3 N–H and O–H groups in total. The van der Waals surface area contributed by atoms with E-state index in [1.807, 2.05) is 36.1 Å². The summed E-state index contributed by atoms with van der Waals surface area (Å²) in [5.41, 5.74) is 7.51. The molecule has 2 amide bonds. The van der Waals surface area contributed by atoms with Crippen molar-refractivity contribution in [2.75, 3.05) is 19.6 Å². The first-order chi connectivity index (χ1) is 10.0. The fourth-order valence-electron chi connectivity index (χ4n) is 2.61. The number of nitrogens with one attached hydrogen (secondary N) is 1. The molecule has 1 fully saturated rings. The standard InChI is InChI=1S/C16H23N3O2/c1-12-2-4-13(5-3-12)10-18-16(21)14-6-8-19(9-7-14)11-15(17)20/h2-5,14H,6-11H2,1H3,(H2,17,20)(H,18,21). The van der Waals surface area contributed by atoms with Crippen LogP contribution in [0.15, 0.2) is 24.3 Å². The van der Waals surface area contributed by atoms with Crippen LogP contribution in [-0.4, -0.2) is 36.3 Å². The molecule has 2 rings (SSSR count). The SMILES string of the molecule is Cc1ccc(CNC(=O)C2CCN(CC(N)=O)CC2)cc1. The highest BCUT2D eigenvalue weighted by Crippen LogP contribution is 2.17. The van der Waals surface area contributed by atoms with Gasteiger partial charge in [-0.25, -0.2) is 0 Å². The first-order valence-electron chi connectivity index (χ1n) is 7.38. The van der Waals surface area contributed by atoms with Crippen molar-refractivity contribution in [3.63, 3.8) is 0 Å². The van der Waals surface area contributed by atoms with Crippen molar-refractivity contribution in [2.45, 2.75) is 26.3 Å². The Labute approximate surface area is 125 Å². The summed E-state index contributed by atoms with van der Waals surface area (Å²) in [5, 5.41) is 2.99. The van der Waals surface area contributed by atoms with E-state index in [0.717, 1.165) is 31.5 Å². The highest BCUT2D eigenvalue weighted by atomic mass is 16.2. The molecule has 1 heterocycles. The lowest BCUT2D eigenvalue weighted by molar-refractivity contribution is -0.126. The summed E-state index contributed by atoms with van der Waals surface area (Å²) in [6.45, 7) is 4.41. The molecule has 21 heavy (non-hydrogen) atoms. The number of piperidine rings is 1. The van der Waals surface area contributed by atoms with Crippen LogP contribution in [0.4, 0.5) is 0 Å². The fourth-order valence-corrected chi connectivity index (χ4v) is 2.61. The monoisotopic (exact) mass is 289 g/mol. The van der Waals surface area contributed by atoms with Crippen LogP contribution in [0, 0.1) is 12.8 Å². The number of primary amides is 1. The first kappa shape index (κ1) is 15.5. The normalized spacial score (nSPS) is 16.6. The van der Waals surface area contributed by atoms with Crippen LogP contribution >= 0.6 is 0 Å². The van der Waals surface area contributed by atoms with E-state index >= 15 is 0 Å². The van der Waals surface area contributed by atoms with E-state index in [4.69, 9.17) is 5.73 Å². The van der Waals surface area contributed by atoms with Gasteiger partial charge >= 0.3 is 0 Å².